The van der Waals surface area contributed by atoms with Gasteiger partial charge in [0.05, 0.1) is 12.0 Å². The Balaban J connectivity index is 2.67. The Morgan fingerprint density at radius 2 is 1.94 bits per heavy atom. The molecule has 1 atom stereocenters. The molecule has 90 valence electrons. The minimum absolute atomic E-state index is 0.0899. The predicted molar refractivity (Wildman–Crippen MR) is 67.3 cm³/mol. The van der Waals surface area contributed by atoms with Crippen LogP contribution in [0, 0.1) is 11.3 Å². The molecule has 1 amide bonds. The number of rotatable bonds is 3. The van der Waals surface area contributed by atoms with Crippen molar-refractivity contribution in [3.05, 3.63) is 35.9 Å². The monoisotopic (exact) mass is 230 g/mol. The van der Waals surface area contributed by atoms with Gasteiger partial charge in [0.15, 0.2) is 0 Å². The highest BCUT2D eigenvalue weighted by atomic mass is 16.1. The fourth-order valence-corrected chi connectivity index (χ4v) is 1.58. The van der Waals surface area contributed by atoms with Crippen LogP contribution < -0.4 is 5.32 Å². The molecular weight excluding hydrogens is 212 g/mol. The topological polar surface area (TPSA) is 52.9 Å². The second-order valence-corrected chi connectivity index (χ2v) is 5.09. The number of benzene rings is 1. The molecule has 0 aromatic heterocycles. The number of amides is 1. The van der Waals surface area contributed by atoms with Crippen LogP contribution >= 0.6 is 0 Å². The van der Waals surface area contributed by atoms with Crippen molar-refractivity contribution in [2.75, 3.05) is 0 Å². The first kappa shape index (κ1) is 13.2. The summed E-state index contributed by atoms with van der Waals surface area (Å²) in [6.07, 6.45) is 0.206. The summed E-state index contributed by atoms with van der Waals surface area (Å²) in [5.74, 6) is -0.466. The molecule has 0 aliphatic heterocycles. The van der Waals surface area contributed by atoms with Crippen LogP contribution in [0.4, 0.5) is 0 Å². The zero-order valence-corrected chi connectivity index (χ0v) is 10.5. The maximum Gasteiger partial charge on any atom is 0.222 e. The summed E-state index contributed by atoms with van der Waals surface area (Å²) in [5, 5.41) is 12.0. The van der Waals surface area contributed by atoms with Crippen LogP contribution in [0.25, 0.3) is 0 Å². The lowest BCUT2D eigenvalue weighted by Gasteiger charge is -2.21. The third kappa shape index (κ3) is 4.69. The summed E-state index contributed by atoms with van der Waals surface area (Å²) < 4.78 is 0. The molecule has 0 aliphatic carbocycles. The first-order chi connectivity index (χ1) is 7.92. The van der Waals surface area contributed by atoms with E-state index in [4.69, 9.17) is 5.26 Å². The Labute approximate surface area is 102 Å². The van der Waals surface area contributed by atoms with Crippen molar-refractivity contribution in [1.82, 2.24) is 5.32 Å². The number of carbonyl (C=O) groups is 1. The highest BCUT2D eigenvalue weighted by Gasteiger charge is 2.19. The second-order valence-electron chi connectivity index (χ2n) is 5.09. The molecule has 3 heteroatoms. The molecular formula is C14H18N2O. The lowest BCUT2D eigenvalue weighted by atomic mass is 9.96. The molecule has 0 aliphatic rings. The van der Waals surface area contributed by atoms with Gasteiger partial charge < -0.3 is 5.32 Å². The summed E-state index contributed by atoms with van der Waals surface area (Å²) in [6.45, 7) is 5.78. The van der Waals surface area contributed by atoms with Crippen LogP contribution in [0.1, 0.15) is 38.7 Å². The molecule has 0 saturated carbocycles. The van der Waals surface area contributed by atoms with E-state index in [-0.39, 0.29) is 23.8 Å². The van der Waals surface area contributed by atoms with Gasteiger partial charge in [0.1, 0.15) is 0 Å². The molecule has 0 heterocycles. The smallest absolute Gasteiger partial charge is 0.222 e. The molecule has 0 bridgehead atoms. The Kier molecular flexibility index (Phi) is 4.28. The number of nitrogens with one attached hydrogen (secondary N) is 1. The van der Waals surface area contributed by atoms with E-state index in [9.17, 15) is 4.79 Å². The van der Waals surface area contributed by atoms with Crippen molar-refractivity contribution >= 4 is 5.91 Å². The zero-order chi connectivity index (χ0) is 12.9. The Morgan fingerprint density at radius 1 is 1.35 bits per heavy atom. The van der Waals surface area contributed by atoms with E-state index in [1.54, 1.807) is 0 Å². The molecule has 0 spiro atoms. The minimum atomic E-state index is -0.376. The average molecular weight is 230 g/mol. The fraction of sp³-hybridized carbons (Fsp3) is 0.429. The molecule has 1 N–H and O–H groups in total. The van der Waals surface area contributed by atoms with Gasteiger partial charge in [-0.05, 0) is 26.3 Å². The number of nitriles is 1. The molecule has 1 unspecified atom stereocenters. The van der Waals surface area contributed by atoms with E-state index in [0.717, 1.165) is 5.56 Å². The lowest BCUT2D eigenvalue weighted by Crippen LogP contribution is -2.41. The molecule has 17 heavy (non-hydrogen) atoms. The maximum atomic E-state index is 11.7. The van der Waals surface area contributed by atoms with E-state index in [2.05, 4.69) is 11.4 Å². The lowest BCUT2D eigenvalue weighted by molar-refractivity contribution is -0.122. The van der Waals surface area contributed by atoms with E-state index < -0.39 is 0 Å². The highest BCUT2D eigenvalue weighted by Crippen LogP contribution is 2.18. The number of nitrogens with zero attached hydrogens (tertiary/aromatic N) is 1. The van der Waals surface area contributed by atoms with E-state index in [0.29, 0.717) is 0 Å². The Hall–Kier alpha value is -1.82. The predicted octanol–water partition coefficient (Wildman–Crippen LogP) is 2.60. The van der Waals surface area contributed by atoms with Gasteiger partial charge in [0.25, 0.3) is 0 Å². The van der Waals surface area contributed by atoms with E-state index in [1.165, 1.54) is 0 Å². The van der Waals surface area contributed by atoms with Crippen LogP contribution in [-0.2, 0) is 4.79 Å². The SMILES string of the molecule is CC(C)(C)NC(=O)CC(C#N)c1ccccc1. The third-order valence-corrected chi connectivity index (χ3v) is 2.26. The van der Waals surface area contributed by atoms with Gasteiger partial charge in [-0.2, -0.15) is 5.26 Å². The molecule has 1 aromatic carbocycles. The minimum Gasteiger partial charge on any atom is -0.351 e. The van der Waals surface area contributed by atoms with E-state index in [1.807, 2.05) is 51.1 Å². The number of hydrogen-bond acceptors (Lipinski definition) is 2. The second kappa shape index (κ2) is 5.49. The Morgan fingerprint density at radius 3 is 2.41 bits per heavy atom. The first-order valence-electron chi connectivity index (χ1n) is 5.68. The van der Waals surface area contributed by atoms with Crippen molar-refractivity contribution < 1.29 is 4.79 Å². The van der Waals surface area contributed by atoms with Gasteiger partial charge in [-0.3, -0.25) is 4.79 Å². The van der Waals surface area contributed by atoms with Crippen LogP contribution in [0.15, 0.2) is 30.3 Å². The Bertz CT molecular complexity index is 412. The molecule has 1 aromatic rings. The first-order valence-corrected chi connectivity index (χ1v) is 5.68. The van der Waals surface area contributed by atoms with Crippen LogP contribution in [-0.4, -0.2) is 11.4 Å². The average Bonchev–Trinajstić information content (AvgIpc) is 2.24. The van der Waals surface area contributed by atoms with E-state index >= 15 is 0 Å². The summed E-state index contributed by atoms with van der Waals surface area (Å²) in [4.78, 5) is 11.7. The van der Waals surface area contributed by atoms with Gasteiger partial charge >= 0.3 is 0 Å². The summed E-state index contributed by atoms with van der Waals surface area (Å²) >= 11 is 0. The van der Waals surface area contributed by atoms with Gasteiger partial charge in [-0.1, -0.05) is 30.3 Å². The standard InChI is InChI=1S/C14H18N2O/c1-14(2,3)16-13(17)9-12(10-15)11-7-5-4-6-8-11/h4-8,12H,9H2,1-3H3,(H,16,17). The molecule has 0 saturated heterocycles. The normalized spacial score (nSPS) is 12.6. The zero-order valence-electron chi connectivity index (χ0n) is 10.5. The molecule has 3 nitrogen and oxygen atoms in total. The maximum absolute atomic E-state index is 11.7. The van der Waals surface area contributed by atoms with Crippen LogP contribution in [0.2, 0.25) is 0 Å². The third-order valence-electron chi connectivity index (χ3n) is 2.26. The summed E-state index contributed by atoms with van der Waals surface area (Å²) in [5.41, 5.74) is 0.632. The van der Waals surface area contributed by atoms with Gasteiger partial charge in [-0.15, -0.1) is 0 Å². The van der Waals surface area contributed by atoms with Crippen molar-refractivity contribution in [2.24, 2.45) is 0 Å². The molecule has 1 rings (SSSR count). The highest BCUT2D eigenvalue weighted by molar-refractivity contribution is 5.78. The number of hydrogen-bond donors (Lipinski definition) is 1. The summed E-state index contributed by atoms with van der Waals surface area (Å²) in [7, 11) is 0. The van der Waals surface area contributed by atoms with Crippen molar-refractivity contribution in [2.45, 2.75) is 38.6 Å². The fourth-order valence-electron chi connectivity index (χ4n) is 1.58. The largest absolute Gasteiger partial charge is 0.351 e. The van der Waals surface area contributed by atoms with Crippen molar-refractivity contribution in [1.29, 1.82) is 5.26 Å². The molecule has 0 radical (unpaired) electrons. The summed E-state index contributed by atoms with van der Waals surface area (Å²) in [6, 6.07) is 11.6. The van der Waals surface area contributed by atoms with Gasteiger partial charge in [0.2, 0.25) is 5.91 Å². The molecule has 0 fully saturated rings. The quantitative estimate of drug-likeness (QED) is 0.867. The van der Waals surface area contributed by atoms with Gasteiger partial charge in [-0.25, -0.2) is 0 Å². The van der Waals surface area contributed by atoms with Gasteiger partial charge in [0, 0.05) is 12.0 Å². The van der Waals surface area contributed by atoms with Crippen molar-refractivity contribution in [3.8, 4) is 6.07 Å². The van der Waals surface area contributed by atoms with Crippen LogP contribution in [0.5, 0.6) is 0 Å². The van der Waals surface area contributed by atoms with Crippen LogP contribution in [0.3, 0.4) is 0 Å². The number of carbonyl (C=O) groups excluding carboxylic acids is 1. The van der Waals surface area contributed by atoms with Crippen molar-refractivity contribution in [3.63, 3.8) is 0 Å².